The number of ether oxygens (including phenoxy) is 1. The lowest BCUT2D eigenvalue weighted by Crippen LogP contribution is -2.54. The summed E-state index contributed by atoms with van der Waals surface area (Å²) >= 11 is 0. The molecular formula is C12H16F8O2. The van der Waals surface area contributed by atoms with Gasteiger partial charge in [-0.2, -0.15) is 31.3 Å². The van der Waals surface area contributed by atoms with Crippen molar-refractivity contribution < 1.29 is 44.9 Å². The predicted octanol–water partition coefficient (Wildman–Crippen LogP) is 4.71. The van der Waals surface area contributed by atoms with Crippen molar-refractivity contribution in [3.05, 3.63) is 12.7 Å². The van der Waals surface area contributed by atoms with Crippen molar-refractivity contribution in [3.8, 4) is 0 Å². The molecule has 2 nitrogen and oxygen atoms in total. The third-order valence-electron chi connectivity index (χ3n) is 2.95. The van der Waals surface area contributed by atoms with Crippen LogP contribution in [0.4, 0.5) is 35.3 Å². The minimum Gasteiger partial charge on any atom is -0.377 e. The summed E-state index contributed by atoms with van der Waals surface area (Å²) in [5.74, 6) is -3.38. The first-order valence-electron chi connectivity index (χ1n) is 6.25. The van der Waals surface area contributed by atoms with Crippen molar-refractivity contribution in [2.75, 3.05) is 19.8 Å². The number of unbranched alkanes of at least 4 members (excludes halogenated alkanes) is 1. The molecule has 0 fully saturated rings. The summed E-state index contributed by atoms with van der Waals surface area (Å²) in [4.78, 5) is 3.09. The van der Waals surface area contributed by atoms with E-state index in [2.05, 4.69) is 16.3 Å². The van der Waals surface area contributed by atoms with E-state index in [9.17, 15) is 35.3 Å². The molecule has 0 N–H and O–H groups in total. The van der Waals surface area contributed by atoms with Crippen LogP contribution in [0.15, 0.2) is 12.7 Å². The largest absolute Gasteiger partial charge is 0.423 e. The molecule has 0 aliphatic rings. The second kappa shape index (κ2) is 8.66. The maximum absolute atomic E-state index is 14.2. The number of alkyl halides is 7. The number of rotatable bonds is 10. The highest BCUT2D eigenvalue weighted by atomic mass is 19.4. The van der Waals surface area contributed by atoms with E-state index in [4.69, 9.17) is 0 Å². The van der Waals surface area contributed by atoms with Crippen molar-refractivity contribution in [1.82, 2.24) is 0 Å². The first kappa shape index (κ1) is 21.1. The Labute approximate surface area is 122 Å². The van der Waals surface area contributed by atoms with Crippen LogP contribution in [0.3, 0.4) is 0 Å². The lowest BCUT2D eigenvalue weighted by Gasteiger charge is -2.36. The third-order valence-corrected chi connectivity index (χ3v) is 2.95. The Bertz CT molecular complexity index is 328. The minimum absolute atomic E-state index is 0.351. The van der Waals surface area contributed by atoms with Crippen molar-refractivity contribution in [2.24, 2.45) is 5.92 Å². The molecule has 2 atom stereocenters. The van der Waals surface area contributed by atoms with Gasteiger partial charge in [0.05, 0.1) is 19.8 Å². The first-order valence-corrected chi connectivity index (χ1v) is 6.25. The Kier molecular flexibility index (Phi) is 8.30. The van der Waals surface area contributed by atoms with Crippen LogP contribution in [0, 0.1) is 5.92 Å². The summed E-state index contributed by atoms with van der Waals surface area (Å²) in [5.41, 5.74) is -4.53. The van der Waals surface area contributed by atoms with Crippen molar-refractivity contribution in [3.63, 3.8) is 0 Å². The average molecular weight is 344 g/mol. The highest BCUT2D eigenvalue weighted by Gasteiger charge is 2.67. The standard InChI is InChI=1S/C12H16F8O2/c1-2-6-21-8-9(11(14,15)16)10(13,12(17,18)19)5-3-4-7-22-20/h2,9H,1,3-8H2. The molecule has 2 unspecified atom stereocenters. The summed E-state index contributed by atoms with van der Waals surface area (Å²) in [6.07, 6.45) is -12.6. The minimum atomic E-state index is -5.75. The Balaban J connectivity index is 5.24. The van der Waals surface area contributed by atoms with Crippen molar-refractivity contribution >= 4 is 0 Å². The number of hydrogen-bond acceptors (Lipinski definition) is 2. The van der Waals surface area contributed by atoms with Crippen molar-refractivity contribution in [1.29, 1.82) is 0 Å². The highest BCUT2D eigenvalue weighted by Crippen LogP contribution is 2.49. The SMILES string of the molecule is C=CCOCC(C(F)(F)F)C(F)(CCCCOF)C(F)(F)F. The fourth-order valence-electron chi connectivity index (χ4n) is 1.81. The van der Waals surface area contributed by atoms with Gasteiger partial charge in [-0.3, -0.25) is 0 Å². The quantitative estimate of drug-likeness (QED) is 0.325. The van der Waals surface area contributed by atoms with Gasteiger partial charge in [0.25, 0.3) is 0 Å². The topological polar surface area (TPSA) is 18.5 Å². The molecule has 0 aromatic rings. The van der Waals surface area contributed by atoms with Crippen LogP contribution in [0.1, 0.15) is 19.3 Å². The second-order valence-corrected chi connectivity index (χ2v) is 4.55. The van der Waals surface area contributed by atoms with Crippen molar-refractivity contribution in [2.45, 2.75) is 37.3 Å². The summed E-state index contributed by atoms with van der Waals surface area (Å²) in [6.45, 7) is 0.559. The highest BCUT2D eigenvalue weighted by molar-refractivity contribution is 4.97. The fraction of sp³-hybridized carbons (Fsp3) is 0.833. The Morgan fingerprint density at radius 2 is 1.59 bits per heavy atom. The molecule has 0 aliphatic carbocycles. The van der Waals surface area contributed by atoms with E-state index in [0.29, 0.717) is 0 Å². The molecule has 0 heterocycles. The monoisotopic (exact) mass is 344 g/mol. The van der Waals surface area contributed by atoms with Gasteiger partial charge in [0.2, 0.25) is 5.67 Å². The molecule has 0 aromatic carbocycles. The smallest absolute Gasteiger partial charge is 0.377 e. The number of hydrogen-bond donors (Lipinski definition) is 0. The lowest BCUT2D eigenvalue weighted by atomic mass is 9.84. The van der Waals surface area contributed by atoms with E-state index in [1.54, 1.807) is 0 Å². The van der Waals surface area contributed by atoms with Crippen LogP contribution in [0.25, 0.3) is 0 Å². The normalized spacial score (nSPS) is 17.1. The van der Waals surface area contributed by atoms with Gasteiger partial charge in [-0.05, 0) is 23.8 Å². The fourth-order valence-corrected chi connectivity index (χ4v) is 1.81. The van der Waals surface area contributed by atoms with Gasteiger partial charge in [0.15, 0.2) is 0 Å². The number of halogens is 8. The molecule has 0 radical (unpaired) electrons. The van der Waals surface area contributed by atoms with Gasteiger partial charge in [-0.1, -0.05) is 6.08 Å². The molecule has 0 saturated heterocycles. The van der Waals surface area contributed by atoms with E-state index >= 15 is 0 Å². The zero-order valence-corrected chi connectivity index (χ0v) is 11.4. The van der Waals surface area contributed by atoms with Crippen LogP contribution in [-0.2, 0) is 9.68 Å². The molecular weight excluding hydrogens is 328 g/mol. The van der Waals surface area contributed by atoms with Gasteiger partial charge >= 0.3 is 12.4 Å². The van der Waals surface area contributed by atoms with Crippen LogP contribution < -0.4 is 0 Å². The van der Waals surface area contributed by atoms with E-state index in [1.165, 1.54) is 0 Å². The molecule has 0 bridgehead atoms. The van der Waals surface area contributed by atoms with E-state index < -0.39 is 56.6 Å². The Morgan fingerprint density at radius 3 is 2.00 bits per heavy atom. The zero-order valence-electron chi connectivity index (χ0n) is 11.4. The molecule has 0 aromatic heterocycles. The van der Waals surface area contributed by atoms with Crippen LogP contribution >= 0.6 is 0 Å². The second-order valence-electron chi connectivity index (χ2n) is 4.55. The Hall–Kier alpha value is -0.900. The molecule has 0 saturated carbocycles. The predicted molar refractivity (Wildman–Crippen MR) is 61.4 cm³/mol. The molecule has 0 rings (SSSR count). The Morgan fingerprint density at radius 1 is 1.00 bits per heavy atom. The van der Waals surface area contributed by atoms with Crippen LogP contribution in [-0.4, -0.2) is 37.8 Å². The molecule has 0 spiro atoms. The molecule has 132 valence electrons. The van der Waals surface area contributed by atoms with Gasteiger partial charge in [0, 0.05) is 0 Å². The lowest BCUT2D eigenvalue weighted by molar-refractivity contribution is -0.310. The van der Waals surface area contributed by atoms with Crippen LogP contribution in [0.5, 0.6) is 0 Å². The first-order chi connectivity index (χ1) is 10.0. The van der Waals surface area contributed by atoms with Gasteiger partial charge in [-0.15, -0.1) is 6.58 Å². The van der Waals surface area contributed by atoms with E-state index in [-0.39, 0.29) is 6.42 Å². The molecule has 22 heavy (non-hydrogen) atoms. The molecule has 10 heteroatoms. The summed E-state index contributed by atoms with van der Waals surface area (Å²) < 4.78 is 107. The average Bonchev–Trinajstić information content (AvgIpc) is 2.37. The molecule has 0 amide bonds. The maximum atomic E-state index is 14.2. The van der Waals surface area contributed by atoms with E-state index in [0.717, 1.165) is 6.08 Å². The van der Waals surface area contributed by atoms with Gasteiger partial charge < -0.3 is 4.74 Å². The summed E-state index contributed by atoms with van der Waals surface area (Å²) in [6, 6.07) is 0. The van der Waals surface area contributed by atoms with Gasteiger partial charge in [0.1, 0.15) is 5.92 Å². The third kappa shape index (κ3) is 6.07. The summed E-state index contributed by atoms with van der Waals surface area (Å²) in [5, 5.41) is 0. The zero-order chi connectivity index (χ0) is 17.4. The van der Waals surface area contributed by atoms with Crippen LogP contribution in [0.2, 0.25) is 0 Å². The summed E-state index contributed by atoms with van der Waals surface area (Å²) in [7, 11) is 0. The van der Waals surface area contributed by atoms with Gasteiger partial charge in [-0.25, -0.2) is 4.39 Å². The molecule has 0 aliphatic heterocycles. The maximum Gasteiger partial charge on any atom is 0.423 e. The van der Waals surface area contributed by atoms with E-state index in [1.807, 2.05) is 0 Å².